The van der Waals surface area contributed by atoms with Gasteiger partial charge in [0.15, 0.2) is 5.69 Å². The van der Waals surface area contributed by atoms with Gasteiger partial charge in [0.05, 0.1) is 23.8 Å². The molecule has 0 spiro atoms. The number of nitrogens with zero attached hydrogens (tertiary/aromatic N) is 4. The highest BCUT2D eigenvalue weighted by Crippen LogP contribution is 2.13. The Morgan fingerprint density at radius 2 is 2.16 bits per heavy atom. The second-order valence-corrected chi connectivity index (χ2v) is 3.86. The van der Waals surface area contributed by atoms with Gasteiger partial charge in [0.2, 0.25) is 5.91 Å². The number of hydrogen-bond donors (Lipinski definition) is 3. The molecule has 2 aromatic heterocycles. The number of aromatic nitrogens is 4. The van der Waals surface area contributed by atoms with E-state index in [1.165, 1.54) is 35.0 Å². The predicted octanol–water partition coefficient (Wildman–Crippen LogP) is -0.464. The second-order valence-electron chi connectivity index (χ2n) is 3.86. The van der Waals surface area contributed by atoms with Crippen LogP contribution >= 0.6 is 0 Å². The maximum atomic E-state index is 11.7. The molecule has 0 bridgehead atoms. The zero-order valence-electron chi connectivity index (χ0n) is 10.1. The number of hydrogen-bond acceptors (Lipinski definition) is 5. The van der Waals surface area contributed by atoms with Crippen molar-refractivity contribution < 1.29 is 14.7 Å². The molecule has 0 radical (unpaired) electrons. The highest BCUT2D eigenvalue weighted by molar-refractivity contribution is 5.99. The lowest BCUT2D eigenvalue weighted by Crippen LogP contribution is -2.20. The van der Waals surface area contributed by atoms with Crippen molar-refractivity contribution in [2.45, 2.75) is 6.54 Å². The minimum atomic E-state index is -1.17. The summed E-state index contributed by atoms with van der Waals surface area (Å²) in [6.45, 7) is -0.0643. The van der Waals surface area contributed by atoms with Gasteiger partial charge in [-0.2, -0.15) is 10.2 Å². The van der Waals surface area contributed by atoms with Gasteiger partial charge in [-0.05, 0) is 0 Å². The highest BCUT2D eigenvalue weighted by Gasteiger charge is 2.17. The monoisotopic (exact) mass is 264 g/mol. The van der Waals surface area contributed by atoms with Crippen molar-refractivity contribution in [3.8, 4) is 0 Å². The molecule has 100 valence electrons. The molecule has 0 fully saturated rings. The van der Waals surface area contributed by atoms with Gasteiger partial charge in [0.25, 0.3) is 0 Å². The molecule has 9 nitrogen and oxygen atoms in total. The highest BCUT2D eigenvalue weighted by atomic mass is 16.4. The van der Waals surface area contributed by atoms with Crippen LogP contribution < -0.4 is 11.1 Å². The Morgan fingerprint density at radius 3 is 2.74 bits per heavy atom. The van der Waals surface area contributed by atoms with E-state index >= 15 is 0 Å². The van der Waals surface area contributed by atoms with E-state index < -0.39 is 11.9 Å². The number of carboxylic acid groups (broad SMARTS) is 1. The fourth-order valence-corrected chi connectivity index (χ4v) is 1.59. The van der Waals surface area contributed by atoms with Gasteiger partial charge in [-0.1, -0.05) is 0 Å². The van der Waals surface area contributed by atoms with Gasteiger partial charge < -0.3 is 16.2 Å². The molecule has 2 rings (SSSR count). The number of carboxylic acids is 1. The Kier molecular flexibility index (Phi) is 3.19. The number of nitrogen functional groups attached to an aromatic ring is 1. The number of aromatic carboxylic acids is 1. The third kappa shape index (κ3) is 2.70. The standard InChI is InChI=1S/C10H12N6O3/c1-15-9(10(18)19)7(3-12-15)14-8(17)5-16-4-6(11)2-13-16/h2-4H,5,11H2,1H3,(H,14,17)(H,18,19). The van der Waals surface area contributed by atoms with Crippen molar-refractivity contribution in [2.24, 2.45) is 7.05 Å². The first kappa shape index (κ1) is 12.6. The Morgan fingerprint density at radius 1 is 1.42 bits per heavy atom. The largest absolute Gasteiger partial charge is 0.476 e. The van der Waals surface area contributed by atoms with E-state index in [0.717, 1.165) is 0 Å². The Hall–Kier alpha value is -2.84. The zero-order valence-corrected chi connectivity index (χ0v) is 10.1. The van der Waals surface area contributed by atoms with Crippen molar-refractivity contribution >= 4 is 23.3 Å². The molecular weight excluding hydrogens is 252 g/mol. The molecule has 2 heterocycles. The molecule has 2 aromatic rings. The van der Waals surface area contributed by atoms with E-state index in [0.29, 0.717) is 5.69 Å². The van der Waals surface area contributed by atoms with Crippen LogP contribution in [0, 0.1) is 0 Å². The third-order valence-electron chi connectivity index (χ3n) is 2.37. The molecule has 0 atom stereocenters. The fraction of sp³-hybridized carbons (Fsp3) is 0.200. The summed E-state index contributed by atoms with van der Waals surface area (Å²) >= 11 is 0. The molecule has 19 heavy (non-hydrogen) atoms. The number of aryl methyl sites for hydroxylation is 1. The van der Waals surface area contributed by atoms with Crippen molar-refractivity contribution in [1.29, 1.82) is 0 Å². The summed E-state index contributed by atoms with van der Waals surface area (Å²) in [5, 5.41) is 19.1. The van der Waals surface area contributed by atoms with Crippen molar-refractivity contribution in [1.82, 2.24) is 19.6 Å². The first-order valence-electron chi connectivity index (χ1n) is 5.30. The van der Waals surface area contributed by atoms with Crippen LogP contribution in [0.15, 0.2) is 18.6 Å². The summed E-state index contributed by atoms with van der Waals surface area (Å²) in [6, 6.07) is 0. The summed E-state index contributed by atoms with van der Waals surface area (Å²) in [5.41, 5.74) is 5.96. The average Bonchev–Trinajstić information content (AvgIpc) is 2.85. The summed E-state index contributed by atoms with van der Waals surface area (Å²) in [6.07, 6.45) is 4.19. The third-order valence-corrected chi connectivity index (χ3v) is 2.37. The number of nitrogens with two attached hydrogens (primary N) is 1. The lowest BCUT2D eigenvalue weighted by Gasteiger charge is -2.04. The fourth-order valence-electron chi connectivity index (χ4n) is 1.59. The van der Waals surface area contributed by atoms with E-state index in [1.807, 2.05) is 0 Å². The van der Waals surface area contributed by atoms with E-state index in [4.69, 9.17) is 10.8 Å². The topological polar surface area (TPSA) is 128 Å². The maximum Gasteiger partial charge on any atom is 0.356 e. The molecular formula is C10H12N6O3. The normalized spacial score (nSPS) is 10.4. The zero-order chi connectivity index (χ0) is 14.0. The number of carbonyl (C=O) groups is 2. The van der Waals surface area contributed by atoms with Gasteiger partial charge in [0.1, 0.15) is 6.54 Å². The number of rotatable bonds is 4. The van der Waals surface area contributed by atoms with Gasteiger partial charge in [-0.25, -0.2) is 4.79 Å². The maximum absolute atomic E-state index is 11.7. The van der Waals surface area contributed by atoms with Crippen LogP contribution in [0.3, 0.4) is 0 Å². The summed E-state index contributed by atoms with van der Waals surface area (Å²) in [4.78, 5) is 22.7. The van der Waals surface area contributed by atoms with Crippen molar-refractivity contribution in [3.05, 3.63) is 24.3 Å². The summed E-state index contributed by atoms with van der Waals surface area (Å²) in [7, 11) is 1.48. The Labute approximate surface area is 107 Å². The van der Waals surface area contributed by atoms with Gasteiger partial charge in [-0.15, -0.1) is 0 Å². The van der Waals surface area contributed by atoms with Crippen LogP contribution in [0.2, 0.25) is 0 Å². The van der Waals surface area contributed by atoms with Crippen LogP contribution in [0.4, 0.5) is 11.4 Å². The number of carbonyl (C=O) groups excluding carboxylic acids is 1. The van der Waals surface area contributed by atoms with Gasteiger partial charge >= 0.3 is 5.97 Å². The lowest BCUT2D eigenvalue weighted by molar-refractivity contribution is -0.116. The molecule has 0 saturated heterocycles. The van der Waals surface area contributed by atoms with Crippen LogP contribution in [0.1, 0.15) is 10.5 Å². The minimum absolute atomic E-state index is 0.0643. The first-order valence-corrected chi connectivity index (χ1v) is 5.30. The van der Waals surface area contributed by atoms with Gasteiger partial charge in [0, 0.05) is 13.2 Å². The van der Waals surface area contributed by atoms with Crippen LogP contribution in [0.25, 0.3) is 0 Å². The summed E-state index contributed by atoms with van der Waals surface area (Å²) in [5.74, 6) is -1.59. The average molecular weight is 264 g/mol. The number of anilines is 2. The molecule has 0 aliphatic rings. The van der Waals surface area contributed by atoms with E-state index in [-0.39, 0.29) is 17.9 Å². The van der Waals surface area contributed by atoms with Crippen molar-refractivity contribution in [2.75, 3.05) is 11.1 Å². The minimum Gasteiger partial charge on any atom is -0.476 e. The second kappa shape index (κ2) is 4.80. The molecule has 0 aromatic carbocycles. The van der Waals surface area contributed by atoms with Crippen LogP contribution in [-0.4, -0.2) is 36.5 Å². The van der Waals surface area contributed by atoms with E-state index in [9.17, 15) is 9.59 Å². The Balaban J connectivity index is 2.09. The van der Waals surface area contributed by atoms with Crippen molar-refractivity contribution in [3.63, 3.8) is 0 Å². The van der Waals surface area contributed by atoms with Crippen LogP contribution in [-0.2, 0) is 18.4 Å². The molecule has 9 heteroatoms. The molecule has 0 aliphatic heterocycles. The Bertz CT molecular complexity index is 629. The quantitative estimate of drug-likeness (QED) is 0.685. The predicted molar refractivity (Wildman–Crippen MR) is 65.4 cm³/mol. The summed E-state index contributed by atoms with van der Waals surface area (Å²) < 4.78 is 2.52. The molecule has 0 saturated carbocycles. The lowest BCUT2D eigenvalue weighted by atomic mass is 10.3. The molecule has 1 amide bonds. The first-order chi connectivity index (χ1) is 8.97. The number of amides is 1. The smallest absolute Gasteiger partial charge is 0.356 e. The van der Waals surface area contributed by atoms with Crippen LogP contribution in [0.5, 0.6) is 0 Å². The SMILES string of the molecule is Cn1ncc(NC(=O)Cn2cc(N)cn2)c1C(=O)O. The van der Waals surface area contributed by atoms with Gasteiger partial charge in [-0.3, -0.25) is 14.2 Å². The molecule has 0 aliphatic carbocycles. The molecule has 0 unspecified atom stereocenters. The number of nitrogens with one attached hydrogen (secondary N) is 1. The van der Waals surface area contributed by atoms with E-state index in [2.05, 4.69) is 15.5 Å². The van der Waals surface area contributed by atoms with E-state index in [1.54, 1.807) is 0 Å². The molecule has 4 N–H and O–H groups in total.